The summed E-state index contributed by atoms with van der Waals surface area (Å²) in [5, 5.41) is 6.55. The van der Waals surface area contributed by atoms with E-state index in [2.05, 4.69) is 27.5 Å². The Morgan fingerprint density at radius 3 is 2.95 bits per heavy atom. The first-order valence-corrected chi connectivity index (χ1v) is 6.75. The monoisotopic (exact) mass is 263 g/mol. The Labute approximate surface area is 113 Å². The van der Waals surface area contributed by atoms with E-state index in [1.165, 1.54) is 0 Å². The smallest absolute Gasteiger partial charge is 0.222 e. The Kier molecular flexibility index (Phi) is 4.54. The van der Waals surface area contributed by atoms with Crippen molar-refractivity contribution in [2.24, 2.45) is 0 Å². The van der Waals surface area contributed by atoms with E-state index >= 15 is 0 Å². The number of carbonyl (C=O) groups excluding carboxylic acids is 1. The van der Waals surface area contributed by atoms with Crippen LogP contribution in [0.2, 0.25) is 0 Å². The molecule has 2 N–H and O–H groups in total. The topological polar surface area (TPSA) is 70.2 Å². The minimum atomic E-state index is 0.211. The van der Waals surface area contributed by atoms with E-state index in [4.69, 9.17) is 0 Å². The average molecular weight is 263 g/mol. The SMILES string of the molecule is CCCNc1cncc(NC2CCC(=O)N(C)C2)n1. The van der Waals surface area contributed by atoms with Crippen molar-refractivity contribution in [1.82, 2.24) is 14.9 Å². The molecule has 19 heavy (non-hydrogen) atoms. The predicted molar refractivity (Wildman–Crippen MR) is 75.1 cm³/mol. The summed E-state index contributed by atoms with van der Waals surface area (Å²) in [6.07, 6.45) is 5.92. The molecule has 1 saturated heterocycles. The highest BCUT2D eigenvalue weighted by atomic mass is 16.2. The quantitative estimate of drug-likeness (QED) is 0.838. The Morgan fingerprint density at radius 2 is 2.21 bits per heavy atom. The number of likely N-dealkylation sites (N-methyl/N-ethyl adjacent to an activating group) is 1. The molecule has 0 aliphatic carbocycles. The molecule has 0 spiro atoms. The van der Waals surface area contributed by atoms with Gasteiger partial charge in [0, 0.05) is 32.6 Å². The molecule has 1 amide bonds. The van der Waals surface area contributed by atoms with Gasteiger partial charge in [-0.15, -0.1) is 0 Å². The number of hydrogen-bond acceptors (Lipinski definition) is 5. The number of nitrogens with zero attached hydrogens (tertiary/aromatic N) is 3. The van der Waals surface area contributed by atoms with Gasteiger partial charge in [0.15, 0.2) is 0 Å². The van der Waals surface area contributed by atoms with Gasteiger partial charge in [0.05, 0.1) is 12.4 Å². The second-order valence-electron chi connectivity index (χ2n) is 4.87. The number of amides is 1. The molecule has 6 nitrogen and oxygen atoms in total. The van der Waals surface area contributed by atoms with Crippen molar-refractivity contribution < 1.29 is 4.79 Å². The maximum Gasteiger partial charge on any atom is 0.222 e. The first-order chi connectivity index (χ1) is 9.19. The predicted octanol–water partition coefficient (Wildman–Crippen LogP) is 1.33. The minimum Gasteiger partial charge on any atom is -0.369 e. The van der Waals surface area contributed by atoms with Crippen LogP contribution in [0.25, 0.3) is 0 Å². The van der Waals surface area contributed by atoms with Gasteiger partial charge in [0.25, 0.3) is 0 Å². The van der Waals surface area contributed by atoms with Crippen LogP contribution in [0.4, 0.5) is 11.6 Å². The number of piperidine rings is 1. The third kappa shape index (κ3) is 3.81. The number of carbonyl (C=O) groups is 1. The standard InChI is InChI=1S/C13H21N5O/c1-3-6-15-11-7-14-8-12(17-11)16-10-4-5-13(19)18(2)9-10/h7-8,10H,3-6,9H2,1-2H3,(H2,15,16,17). The number of nitrogens with one attached hydrogen (secondary N) is 2. The summed E-state index contributed by atoms with van der Waals surface area (Å²) in [6, 6.07) is 0.249. The van der Waals surface area contributed by atoms with Gasteiger partial charge in [0.2, 0.25) is 5.91 Å². The molecule has 1 aliphatic heterocycles. The molecule has 1 aliphatic rings. The van der Waals surface area contributed by atoms with E-state index in [-0.39, 0.29) is 11.9 Å². The summed E-state index contributed by atoms with van der Waals surface area (Å²) < 4.78 is 0. The van der Waals surface area contributed by atoms with E-state index < -0.39 is 0 Å². The van der Waals surface area contributed by atoms with Gasteiger partial charge >= 0.3 is 0 Å². The number of likely N-dealkylation sites (tertiary alicyclic amines) is 1. The van der Waals surface area contributed by atoms with Crippen LogP contribution < -0.4 is 10.6 Å². The number of aromatic nitrogens is 2. The lowest BCUT2D eigenvalue weighted by molar-refractivity contribution is -0.132. The van der Waals surface area contributed by atoms with E-state index in [9.17, 15) is 4.79 Å². The molecule has 104 valence electrons. The van der Waals surface area contributed by atoms with Crippen LogP contribution in [0, 0.1) is 0 Å². The zero-order chi connectivity index (χ0) is 13.7. The maximum atomic E-state index is 11.4. The lowest BCUT2D eigenvalue weighted by Gasteiger charge is -2.30. The summed E-state index contributed by atoms with van der Waals surface area (Å²) >= 11 is 0. The molecule has 1 unspecified atom stereocenters. The van der Waals surface area contributed by atoms with Gasteiger partial charge in [-0.2, -0.15) is 0 Å². The van der Waals surface area contributed by atoms with Crippen LogP contribution in [0.1, 0.15) is 26.2 Å². The summed E-state index contributed by atoms with van der Waals surface area (Å²) in [5.74, 6) is 1.75. The highest BCUT2D eigenvalue weighted by molar-refractivity contribution is 5.77. The molecular weight excluding hydrogens is 242 g/mol. The van der Waals surface area contributed by atoms with Crippen molar-refractivity contribution in [3.8, 4) is 0 Å². The van der Waals surface area contributed by atoms with Crippen molar-refractivity contribution >= 4 is 17.5 Å². The van der Waals surface area contributed by atoms with Crippen molar-refractivity contribution in [3.05, 3.63) is 12.4 Å². The van der Waals surface area contributed by atoms with Crippen molar-refractivity contribution in [3.63, 3.8) is 0 Å². The third-order valence-corrected chi connectivity index (χ3v) is 3.17. The van der Waals surface area contributed by atoms with Crippen LogP contribution >= 0.6 is 0 Å². The molecule has 1 aromatic rings. The lowest BCUT2D eigenvalue weighted by atomic mass is 10.1. The fourth-order valence-electron chi connectivity index (χ4n) is 2.11. The highest BCUT2D eigenvalue weighted by Crippen LogP contribution is 2.15. The molecule has 2 heterocycles. The Hall–Kier alpha value is -1.85. The second kappa shape index (κ2) is 6.36. The zero-order valence-corrected chi connectivity index (χ0v) is 11.5. The Balaban J connectivity index is 1.93. The van der Waals surface area contributed by atoms with E-state index in [0.717, 1.165) is 31.0 Å². The van der Waals surface area contributed by atoms with Crippen LogP contribution in [-0.2, 0) is 4.79 Å². The Morgan fingerprint density at radius 1 is 1.42 bits per heavy atom. The fourth-order valence-corrected chi connectivity index (χ4v) is 2.11. The molecule has 1 fully saturated rings. The lowest BCUT2D eigenvalue weighted by Crippen LogP contribution is -2.43. The van der Waals surface area contributed by atoms with Gasteiger partial charge in [-0.1, -0.05) is 6.92 Å². The summed E-state index contributed by atoms with van der Waals surface area (Å²) in [4.78, 5) is 21.8. The van der Waals surface area contributed by atoms with Gasteiger partial charge in [-0.05, 0) is 12.8 Å². The molecule has 6 heteroatoms. The van der Waals surface area contributed by atoms with E-state index in [1.807, 2.05) is 7.05 Å². The fraction of sp³-hybridized carbons (Fsp3) is 0.615. The van der Waals surface area contributed by atoms with Crippen molar-refractivity contribution in [2.45, 2.75) is 32.2 Å². The summed E-state index contributed by atoms with van der Waals surface area (Å²) in [5.41, 5.74) is 0. The molecule has 0 aromatic carbocycles. The normalized spacial score (nSPS) is 19.4. The third-order valence-electron chi connectivity index (χ3n) is 3.17. The summed E-state index contributed by atoms with van der Waals surface area (Å²) in [7, 11) is 1.83. The van der Waals surface area contributed by atoms with E-state index in [1.54, 1.807) is 17.3 Å². The van der Waals surface area contributed by atoms with Crippen LogP contribution in [0.15, 0.2) is 12.4 Å². The zero-order valence-electron chi connectivity index (χ0n) is 11.5. The van der Waals surface area contributed by atoms with Gasteiger partial charge in [-0.3, -0.25) is 9.78 Å². The largest absolute Gasteiger partial charge is 0.369 e. The number of rotatable bonds is 5. The van der Waals surface area contributed by atoms with Crippen LogP contribution in [0.3, 0.4) is 0 Å². The average Bonchev–Trinajstić information content (AvgIpc) is 2.41. The molecule has 0 saturated carbocycles. The first-order valence-electron chi connectivity index (χ1n) is 6.75. The molecule has 0 radical (unpaired) electrons. The minimum absolute atomic E-state index is 0.211. The molecule has 2 rings (SSSR count). The number of anilines is 2. The Bertz CT molecular complexity index is 437. The van der Waals surface area contributed by atoms with Gasteiger partial charge < -0.3 is 15.5 Å². The summed E-state index contributed by atoms with van der Waals surface area (Å²) in [6.45, 7) is 3.71. The van der Waals surface area contributed by atoms with Gasteiger partial charge in [0.1, 0.15) is 11.6 Å². The van der Waals surface area contributed by atoms with Crippen LogP contribution in [-0.4, -0.2) is 47.0 Å². The van der Waals surface area contributed by atoms with Crippen molar-refractivity contribution in [1.29, 1.82) is 0 Å². The van der Waals surface area contributed by atoms with Gasteiger partial charge in [-0.25, -0.2) is 4.98 Å². The highest BCUT2D eigenvalue weighted by Gasteiger charge is 2.22. The first kappa shape index (κ1) is 13.6. The molecule has 0 bridgehead atoms. The number of hydrogen-bond donors (Lipinski definition) is 2. The molecule has 1 aromatic heterocycles. The van der Waals surface area contributed by atoms with E-state index in [0.29, 0.717) is 13.0 Å². The maximum absolute atomic E-state index is 11.4. The second-order valence-corrected chi connectivity index (χ2v) is 4.87. The van der Waals surface area contributed by atoms with Crippen LogP contribution in [0.5, 0.6) is 0 Å². The molecular formula is C13H21N5O. The molecule has 1 atom stereocenters. The van der Waals surface area contributed by atoms with Crippen molar-refractivity contribution in [2.75, 3.05) is 30.8 Å².